The van der Waals surface area contributed by atoms with Crippen molar-refractivity contribution in [2.24, 2.45) is 34.5 Å². The maximum Gasteiger partial charge on any atom is 0.243 e. The standard InChI is InChI=1S/C28H45N3O2S/c1-25(2,3)30-24(34)31(26(4,5)6)23(33)20-11-10-18-17-9-12-21-28(8,16-14-22(32)29-21)19(17)13-15-27(18,20)7/h14,16-21H,9-13,15H2,1-8H3,(H,29,32)(H,30,34)/t17-,18-,19+,20?,21?,27-,28+/m0/s1. The highest BCUT2D eigenvalue weighted by atomic mass is 32.1. The van der Waals surface area contributed by atoms with Crippen LogP contribution >= 0.6 is 12.2 Å². The van der Waals surface area contributed by atoms with Crippen LogP contribution in [0.25, 0.3) is 0 Å². The van der Waals surface area contributed by atoms with Crippen molar-refractivity contribution in [3.63, 3.8) is 0 Å². The Morgan fingerprint density at radius 2 is 1.74 bits per heavy atom. The van der Waals surface area contributed by atoms with E-state index in [0.29, 0.717) is 22.9 Å². The fourth-order valence-corrected chi connectivity index (χ4v) is 8.68. The molecule has 2 amide bonds. The molecule has 0 radical (unpaired) electrons. The van der Waals surface area contributed by atoms with Gasteiger partial charge in [-0.1, -0.05) is 19.9 Å². The average Bonchev–Trinajstić information content (AvgIpc) is 3.03. The number of rotatable bonds is 1. The summed E-state index contributed by atoms with van der Waals surface area (Å²) in [5, 5.41) is 7.18. The number of hydrogen-bond acceptors (Lipinski definition) is 3. The van der Waals surface area contributed by atoms with E-state index in [4.69, 9.17) is 12.2 Å². The number of carbonyl (C=O) groups is 2. The number of nitrogens with zero attached hydrogens (tertiary/aromatic N) is 1. The molecule has 0 saturated heterocycles. The van der Waals surface area contributed by atoms with E-state index in [0.717, 1.165) is 38.5 Å². The third-order valence-corrected chi connectivity index (χ3v) is 9.84. The minimum Gasteiger partial charge on any atom is -0.358 e. The van der Waals surface area contributed by atoms with Crippen LogP contribution in [0.4, 0.5) is 0 Å². The Bertz CT molecular complexity index is 900. The molecule has 5 nitrogen and oxygen atoms in total. The van der Waals surface area contributed by atoms with Gasteiger partial charge in [0.05, 0.1) is 0 Å². The van der Waals surface area contributed by atoms with Crippen molar-refractivity contribution in [3.8, 4) is 0 Å². The van der Waals surface area contributed by atoms with Crippen LogP contribution in [0, 0.1) is 34.5 Å². The summed E-state index contributed by atoms with van der Waals surface area (Å²) in [5.74, 6) is 1.98. The maximum atomic E-state index is 14.2. The van der Waals surface area contributed by atoms with E-state index in [2.05, 4.69) is 72.1 Å². The van der Waals surface area contributed by atoms with Gasteiger partial charge in [-0.3, -0.25) is 14.5 Å². The Morgan fingerprint density at radius 1 is 1.06 bits per heavy atom. The zero-order valence-corrected chi connectivity index (χ0v) is 23.3. The molecular weight excluding hydrogens is 442 g/mol. The predicted octanol–water partition coefficient (Wildman–Crippen LogP) is 5.20. The van der Waals surface area contributed by atoms with Gasteiger partial charge in [0.25, 0.3) is 0 Å². The second kappa shape index (κ2) is 8.31. The molecule has 2 N–H and O–H groups in total. The van der Waals surface area contributed by atoms with Crippen LogP contribution in [0.3, 0.4) is 0 Å². The van der Waals surface area contributed by atoms with Gasteiger partial charge < -0.3 is 10.6 Å². The van der Waals surface area contributed by atoms with E-state index in [9.17, 15) is 9.59 Å². The molecule has 3 fully saturated rings. The van der Waals surface area contributed by atoms with Crippen molar-refractivity contribution in [1.29, 1.82) is 0 Å². The van der Waals surface area contributed by atoms with Crippen molar-refractivity contribution < 1.29 is 9.59 Å². The van der Waals surface area contributed by atoms with E-state index >= 15 is 0 Å². The minimum absolute atomic E-state index is 0.00389. The Morgan fingerprint density at radius 3 is 2.35 bits per heavy atom. The molecule has 1 heterocycles. The second-order valence-corrected chi connectivity index (χ2v) is 14.3. The summed E-state index contributed by atoms with van der Waals surface area (Å²) in [4.78, 5) is 28.1. The van der Waals surface area contributed by atoms with Gasteiger partial charge in [-0.25, -0.2) is 0 Å². The summed E-state index contributed by atoms with van der Waals surface area (Å²) < 4.78 is 0. The van der Waals surface area contributed by atoms with Crippen molar-refractivity contribution in [3.05, 3.63) is 12.2 Å². The van der Waals surface area contributed by atoms with Gasteiger partial charge in [0.1, 0.15) is 0 Å². The summed E-state index contributed by atoms with van der Waals surface area (Å²) in [6.45, 7) is 17.2. The lowest BCUT2D eigenvalue weighted by Gasteiger charge is -2.59. The fraction of sp³-hybridized carbons (Fsp3) is 0.821. The van der Waals surface area contributed by atoms with Crippen LogP contribution < -0.4 is 10.6 Å². The molecule has 3 saturated carbocycles. The van der Waals surface area contributed by atoms with Crippen LogP contribution in [0.5, 0.6) is 0 Å². The highest BCUT2D eigenvalue weighted by Gasteiger charge is 2.61. The van der Waals surface area contributed by atoms with Gasteiger partial charge in [0.2, 0.25) is 11.8 Å². The highest BCUT2D eigenvalue weighted by molar-refractivity contribution is 7.80. The molecule has 4 aliphatic rings. The highest BCUT2D eigenvalue weighted by Crippen LogP contribution is 2.65. The normalized spacial score (nSPS) is 39.4. The molecule has 34 heavy (non-hydrogen) atoms. The molecule has 0 aromatic rings. The molecule has 0 spiro atoms. The van der Waals surface area contributed by atoms with Gasteiger partial charge in [-0.2, -0.15) is 0 Å². The van der Waals surface area contributed by atoms with Gasteiger partial charge >= 0.3 is 0 Å². The van der Waals surface area contributed by atoms with Crippen molar-refractivity contribution in [2.75, 3.05) is 0 Å². The molecule has 2 unspecified atom stereocenters. The summed E-state index contributed by atoms with van der Waals surface area (Å²) in [7, 11) is 0. The van der Waals surface area contributed by atoms with Gasteiger partial charge in [-0.05, 0) is 122 Å². The van der Waals surface area contributed by atoms with E-state index in [1.54, 1.807) is 6.08 Å². The third-order valence-electron chi connectivity index (χ3n) is 9.56. The zero-order chi connectivity index (χ0) is 25.3. The smallest absolute Gasteiger partial charge is 0.243 e. The van der Waals surface area contributed by atoms with E-state index in [-0.39, 0.29) is 45.7 Å². The van der Waals surface area contributed by atoms with Crippen LogP contribution in [0.2, 0.25) is 0 Å². The molecular formula is C28H45N3O2S. The lowest BCUT2D eigenvalue weighted by molar-refractivity contribution is -0.143. The minimum atomic E-state index is -0.380. The molecule has 3 aliphatic carbocycles. The topological polar surface area (TPSA) is 61.4 Å². The van der Waals surface area contributed by atoms with Crippen LogP contribution in [0.1, 0.15) is 93.9 Å². The van der Waals surface area contributed by atoms with E-state index < -0.39 is 0 Å². The number of carbonyl (C=O) groups excluding carboxylic acids is 2. The third kappa shape index (κ3) is 4.22. The fourth-order valence-electron chi connectivity index (χ4n) is 8.01. The number of thiocarbonyl (C=S) groups is 1. The molecule has 0 bridgehead atoms. The molecule has 190 valence electrons. The Hall–Kier alpha value is -1.43. The molecule has 0 aromatic heterocycles. The lowest BCUT2D eigenvalue weighted by atomic mass is 9.48. The largest absolute Gasteiger partial charge is 0.358 e. The molecule has 1 aliphatic heterocycles. The lowest BCUT2D eigenvalue weighted by Crippen LogP contribution is -2.61. The van der Waals surface area contributed by atoms with Crippen LogP contribution in [0.15, 0.2) is 12.2 Å². The Labute approximate surface area is 211 Å². The predicted molar refractivity (Wildman–Crippen MR) is 141 cm³/mol. The first-order valence-electron chi connectivity index (χ1n) is 13.2. The van der Waals surface area contributed by atoms with Crippen molar-refractivity contribution in [2.45, 2.75) is 111 Å². The number of amides is 2. The molecule has 0 aromatic carbocycles. The van der Waals surface area contributed by atoms with Crippen LogP contribution in [-0.2, 0) is 9.59 Å². The molecule has 4 rings (SSSR count). The Kier molecular flexibility index (Phi) is 6.27. The molecule has 6 heteroatoms. The average molecular weight is 488 g/mol. The first-order valence-corrected chi connectivity index (χ1v) is 13.6. The van der Waals surface area contributed by atoms with Crippen molar-refractivity contribution >= 4 is 29.1 Å². The summed E-state index contributed by atoms with van der Waals surface area (Å²) in [5.41, 5.74) is -0.549. The second-order valence-electron chi connectivity index (χ2n) is 13.9. The Balaban J connectivity index is 1.60. The quantitative estimate of drug-likeness (QED) is 0.499. The monoisotopic (exact) mass is 487 g/mol. The van der Waals surface area contributed by atoms with Gasteiger partial charge in [-0.15, -0.1) is 0 Å². The summed E-state index contributed by atoms with van der Waals surface area (Å²) in [6.07, 6.45) is 10.4. The first kappa shape index (κ1) is 25.7. The summed E-state index contributed by atoms with van der Waals surface area (Å²) in [6, 6.07) is 0.242. The first-order chi connectivity index (χ1) is 15.6. The van der Waals surface area contributed by atoms with E-state index in [1.807, 2.05) is 4.90 Å². The zero-order valence-electron chi connectivity index (χ0n) is 22.5. The maximum absolute atomic E-state index is 14.2. The number of nitrogens with one attached hydrogen (secondary N) is 2. The van der Waals surface area contributed by atoms with Gasteiger partial charge in [0.15, 0.2) is 5.11 Å². The summed E-state index contributed by atoms with van der Waals surface area (Å²) >= 11 is 5.80. The number of fused-ring (bicyclic) bond motifs is 5. The van der Waals surface area contributed by atoms with Gasteiger partial charge in [0, 0.05) is 28.5 Å². The van der Waals surface area contributed by atoms with E-state index in [1.165, 1.54) is 0 Å². The SMILES string of the molecule is CC(C)(C)NC(=S)N(C(=O)C1CC[C@H]2[C@@H]3CCC4NC(=O)C=C[C@]4(C)[C@@H]3CC[C@]12C)C(C)(C)C. The molecule has 7 atom stereocenters. The van der Waals surface area contributed by atoms with Crippen molar-refractivity contribution in [1.82, 2.24) is 15.5 Å². The number of hydrogen-bond donors (Lipinski definition) is 2. The van der Waals surface area contributed by atoms with Crippen LogP contribution in [-0.4, -0.2) is 38.9 Å².